The van der Waals surface area contributed by atoms with E-state index in [9.17, 15) is 0 Å². The van der Waals surface area contributed by atoms with Crippen molar-refractivity contribution in [2.24, 2.45) is 5.84 Å². The van der Waals surface area contributed by atoms with Crippen LogP contribution in [0.1, 0.15) is 49.9 Å². The highest BCUT2D eigenvalue weighted by atomic mass is 35.5. The number of rotatable bonds is 7. The van der Waals surface area contributed by atoms with Crippen LogP contribution in [0.5, 0.6) is 0 Å². The van der Waals surface area contributed by atoms with Gasteiger partial charge in [0.2, 0.25) is 0 Å². The van der Waals surface area contributed by atoms with Crippen LogP contribution in [0, 0.1) is 0 Å². The molecule has 0 aromatic carbocycles. The van der Waals surface area contributed by atoms with Crippen molar-refractivity contribution in [3.63, 3.8) is 0 Å². The monoisotopic (exact) mass is 246 g/mol. The van der Waals surface area contributed by atoms with Gasteiger partial charge in [-0.2, -0.15) is 0 Å². The summed E-state index contributed by atoms with van der Waals surface area (Å²) in [5, 5.41) is 2.84. The highest BCUT2D eigenvalue weighted by molar-refractivity contribution is 7.10. The SMILES string of the molecule is CCCCCCC(NN)c1sccc1Cl. The van der Waals surface area contributed by atoms with E-state index in [-0.39, 0.29) is 6.04 Å². The molecule has 15 heavy (non-hydrogen) atoms. The zero-order valence-corrected chi connectivity index (χ0v) is 10.7. The Morgan fingerprint density at radius 3 is 2.80 bits per heavy atom. The third-order valence-corrected chi connectivity index (χ3v) is 3.98. The van der Waals surface area contributed by atoms with E-state index in [0.29, 0.717) is 0 Å². The number of unbranched alkanes of at least 4 members (excludes halogenated alkanes) is 3. The Balaban J connectivity index is 2.39. The lowest BCUT2D eigenvalue weighted by molar-refractivity contribution is 0.488. The zero-order chi connectivity index (χ0) is 11.1. The smallest absolute Gasteiger partial charge is 0.0568 e. The van der Waals surface area contributed by atoms with Gasteiger partial charge in [-0.15, -0.1) is 11.3 Å². The molecule has 0 saturated carbocycles. The minimum absolute atomic E-state index is 0.217. The summed E-state index contributed by atoms with van der Waals surface area (Å²) in [5.41, 5.74) is 2.85. The molecule has 0 radical (unpaired) electrons. The molecule has 0 aliphatic heterocycles. The van der Waals surface area contributed by atoms with E-state index in [4.69, 9.17) is 17.4 Å². The fourth-order valence-corrected chi connectivity index (χ4v) is 2.90. The van der Waals surface area contributed by atoms with Crippen molar-refractivity contribution >= 4 is 22.9 Å². The second-order valence-corrected chi connectivity index (χ2v) is 5.06. The summed E-state index contributed by atoms with van der Waals surface area (Å²) in [5.74, 6) is 5.55. The van der Waals surface area contributed by atoms with E-state index >= 15 is 0 Å². The van der Waals surface area contributed by atoms with Gasteiger partial charge < -0.3 is 0 Å². The highest BCUT2D eigenvalue weighted by Crippen LogP contribution is 2.31. The van der Waals surface area contributed by atoms with Gasteiger partial charge in [0, 0.05) is 4.88 Å². The van der Waals surface area contributed by atoms with E-state index in [1.165, 1.54) is 25.7 Å². The van der Waals surface area contributed by atoms with Crippen LogP contribution < -0.4 is 11.3 Å². The minimum Gasteiger partial charge on any atom is -0.271 e. The quantitative estimate of drug-likeness (QED) is 0.435. The zero-order valence-electron chi connectivity index (χ0n) is 9.13. The second kappa shape index (κ2) is 7.23. The van der Waals surface area contributed by atoms with Crippen LogP contribution in [0.15, 0.2) is 11.4 Å². The Bertz CT molecular complexity index is 275. The molecule has 2 nitrogen and oxygen atoms in total. The minimum atomic E-state index is 0.217. The summed E-state index contributed by atoms with van der Waals surface area (Å²) in [6.07, 6.45) is 6.11. The van der Waals surface area contributed by atoms with Gasteiger partial charge in [-0.25, -0.2) is 0 Å². The van der Waals surface area contributed by atoms with Crippen LogP contribution in [0.25, 0.3) is 0 Å². The van der Waals surface area contributed by atoms with E-state index in [0.717, 1.165) is 16.3 Å². The maximum atomic E-state index is 6.07. The molecule has 1 rings (SSSR count). The van der Waals surface area contributed by atoms with Gasteiger partial charge in [0.1, 0.15) is 0 Å². The molecule has 0 aliphatic carbocycles. The Hall–Kier alpha value is -0.0900. The fourth-order valence-electron chi connectivity index (χ4n) is 1.62. The summed E-state index contributed by atoms with van der Waals surface area (Å²) in [4.78, 5) is 1.16. The van der Waals surface area contributed by atoms with Crippen LogP contribution in [-0.4, -0.2) is 0 Å². The standard InChI is InChI=1S/C11H19ClN2S/c1-2-3-4-5-6-10(14-13)11-9(12)7-8-15-11/h7-8,10,14H,2-6,13H2,1H3. The largest absolute Gasteiger partial charge is 0.271 e. The van der Waals surface area contributed by atoms with Gasteiger partial charge >= 0.3 is 0 Å². The predicted octanol–water partition coefficient (Wildman–Crippen LogP) is 3.88. The van der Waals surface area contributed by atoms with Gasteiger partial charge in [-0.1, -0.05) is 44.2 Å². The highest BCUT2D eigenvalue weighted by Gasteiger charge is 2.13. The molecule has 1 atom stereocenters. The van der Waals surface area contributed by atoms with Crippen LogP contribution in [0.4, 0.5) is 0 Å². The third-order valence-electron chi connectivity index (χ3n) is 2.51. The topological polar surface area (TPSA) is 38.0 Å². The third kappa shape index (κ3) is 4.11. The molecule has 0 aliphatic rings. The first-order valence-electron chi connectivity index (χ1n) is 5.48. The van der Waals surface area contributed by atoms with Crippen molar-refractivity contribution < 1.29 is 0 Å². The molecule has 4 heteroatoms. The summed E-state index contributed by atoms with van der Waals surface area (Å²) in [6.45, 7) is 2.22. The molecule has 1 heterocycles. The number of nitrogens with one attached hydrogen (secondary N) is 1. The van der Waals surface area contributed by atoms with Crippen molar-refractivity contribution in [1.82, 2.24) is 5.43 Å². The van der Waals surface area contributed by atoms with Crippen LogP contribution in [0.3, 0.4) is 0 Å². The van der Waals surface area contributed by atoms with E-state index in [2.05, 4.69) is 12.3 Å². The maximum Gasteiger partial charge on any atom is 0.0568 e. The molecular weight excluding hydrogens is 228 g/mol. The fraction of sp³-hybridized carbons (Fsp3) is 0.636. The number of hydrogen-bond donors (Lipinski definition) is 2. The van der Waals surface area contributed by atoms with Gasteiger partial charge in [-0.05, 0) is 17.9 Å². The molecule has 0 bridgehead atoms. The average molecular weight is 247 g/mol. The lowest BCUT2D eigenvalue weighted by Crippen LogP contribution is -2.27. The van der Waals surface area contributed by atoms with Crippen molar-refractivity contribution in [3.8, 4) is 0 Å². The average Bonchev–Trinajstić information content (AvgIpc) is 2.65. The summed E-state index contributed by atoms with van der Waals surface area (Å²) < 4.78 is 0. The van der Waals surface area contributed by atoms with Gasteiger partial charge in [-0.3, -0.25) is 11.3 Å². The Labute approximate surface area is 101 Å². The molecule has 86 valence electrons. The first kappa shape index (κ1) is 13.0. The number of nitrogens with two attached hydrogens (primary N) is 1. The number of hydrazine groups is 1. The van der Waals surface area contributed by atoms with Gasteiger partial charge in [0.05, 0.1) is 11.1 Å². The van der Waals surface area contributed by atoms with Crippen LogP contribution in [-0.2, 0) is 0 Å². The molecule has 0 saturated heterocycles. The molecule has 1 aromatic rings. The second-order valence-electron chi connectivity index (χ2n) is 3.70. The van der Waals surface area contributed by atoms with Crippen molar-refractivity contribution in [2.75, 3.05) is 0 Å². The van der Waals surface area contributed by atoms with Gasteiger partial charge in [0.15, 0.2) is 0 Å². The number of hydrogen-bond acceptors (Lipinski definition) is 3. The van der Waals surface area contributed by atoms with Crippen molar-refractivity contribution in [2.45, 2.75) is 45.1 Å². The van der Waals surface area contributed by atoms with Crippen LogP contribution in [0.2, 0.25) is 5.02 Å². The van der Waals surface area contributed by atoms with Crippen LogP contribution >= 0.6 is 22.9 Å². The predicted molar refractivity (Wildman–Crippen MR) is 68.2 cm³/mol. The maximum absolute atomic E-state index is 6.07. The molecule has 3 N–H and O–H groups in total. The summed E-state index contributed by atoms with van der Waals surface area (Å²) in [6, 6.07) is 2.15. The Morgan fingerprint density at radius 1 is 1.47 bits per heavy atom. The van der Waals surface area contributed by atoms with E-state index in [1.807, 2.05) is 11.4 Å². The van der Waals surface area contributed by atoms with Gasteiger partial charge in [0.25, 0.3) is 0 Å². The first-order valence-corrected chi connectivity index (χ1v) is 6.74. The molecular formula is C11H19ClN2S. The summed E-state index contributed by atoms with van der Waals surface area (Å²) in [7, 11) is 0. The van der Waals surface area contributed by atoms with Crippen molar-refractivity contribution in [1.29, 1.82) is 0 Å². The van der Waals surface area contributed by atoms with E-state index in [1.54, 1.807) is 11.3 Å². The normalized spacial score (nSPS) is 13.0. The molecule has 0 fully saturated rings. The molecule has 0 amide bonds. The Morgan fingerprint density at radius 2 is 2.27 bits per heavy atom. The number of halogens is 1. The molecule has 0 spiro atoms. The van der Waals surface area contributed by atoms with Crippen molar-refractivity contribution in [3.05, 3.63) is 21.3 Å². The summed E-state index contributed by atoms with van der Waals surface area (Å²) >= 11 is 7.74. The molecule has 1 unspecified atom stereocenters. The Kier molecular flexibility index (Phi) is 6.25. The lowest BCUT2D eigenvalue weighted by Gasteiger charge is -2.14. The number of thiophene rings is 1. The lowest BCUT2D eigenvalue weighted by atomic mass is 10.1. The molecule has 1 aromatic heterocycles. The first-order chi connectivity index (χ1) is 7.29. The van der Waals surface area contributed by atoms with E-state index < -0.39 is 0 Å².